The number of pyridine rings is 1. The van der Waals surface area contributed by atoms with Gasteiger partial charge in [0.05, 0.1) is 42.9 Å². The van der Waals surface area contributed by atoms with E-state index in [4.69, 9.17) is 14.2 Å². The fourth-order valence-corrected chi connectivity index (χ4v) is 11.3. The van der Waals surface area contributed by atoms with Crippen LogP contribution >= 0.6 is 0 Å². The third-order valence-corrected chi connectivity index (χ3v) is 15.2. The summed E-state index contributed by atoms with van der Waals surface area (Å²) < 4.78 is 78.6. The van der Waals surface area contributed by atoms with Crippen molar-refractivity contribution in [3.8, 4) is 22.4 Å². The van der Waals surface area contributed by atoms with Gasteiger partial charge >= 0.3 is 18.2 Å². The Morgan fingerprint density at radius 3 is 2.46 bits per heavy atom. The van der Waals surface area contributed by atoms with Gasteiger partial charge in [0.1, 0.15) is 31.3 Å². The van der Waals surface area contributed by atoms with E-state index in [9.17, 15) is 37.1 Å². The number of methoxy groups -OCH3 is 1. The number of hydrogen-bond acceptors (Lipinski definition) is 10. The van der Waals surface area contributed by atoms with Crippen molar-refractivity contribution in [2.45, 2.75) is 122 Å². The Morgan fingerprint density at radius 2 is 1.78 bits per heavy atom. The molecule has 410 valence electrons. The molecular formula is C56H70F4N8O8. The van der Waals surface area contributed by atoms with Gasteiger partial charge < -0.3 is 38.8 Å². The van der Waals surface area contributed by atoms with Gasteiger partial charge in [-0.25, -0.2) is 14.6 Å². The van der Waals surface area contributed by atoms with E-state index in [1.807, 2.05) is 13.8 Å². The molecule has 4 aliphatic heterocycles. The SMILES string of the molecule is C=CC(=O)N1CCOC2(CCN(C(=O)N(C)[C@H](C(=O)N[C@H]3Cc4cc(CF)cc(c4)-c4ccc5c(c4)c(c(-c4cccnc4C(C)OC)n5CC(F)(F)F)CC(C)(C)COC(=O)[C@@H]4CCCN(N4)C3=O)C(C)C)CC2)C1. The number of likely N-dealkylation sites (tertiary alicyclic amines) is 1. The maximum atomic E-state index is 15.0. The monoisotopic (exact) mass is 1060 g/mol. The molecule has 1 unspecified atom stereocenters. The van der Waals surface area contributed by atoms with Crippen LogP contribution in [0.15, 0.2) is 67.4 Å². The van der Waals surface area contributed by atoms with E-state index in [0.29, 0.717) is 97.4 Å². The second kappa shape index (κ2) is 22.7. The molecule has 20 heteroatoms. The largest absolute Gasteiger partial charge is 0.464 e. The lowest BCUT2D eigenvalue weighted by Gasteiger charge is -2.47. The summed E-state index contributed by atoms with van der Waals surface area (Å²) in [7, 11) is 3.04. The molecule has 4 aliphatic rings. The van der Waals surface area contributed by atoms with Gasteiger partial charge in [0.25, 0.3) is 5.91 Å². The lowest BCUT2D eigenvalue weighted by molar-refractivity contribution is -0.155. The normalized spacial score (nSPS) is 21.0. The third kappa shape index (κ3) is 12.1. The number of aromatic nitrogens is 2. The van der Waals surface area contributed by atoms with Gasteiger partial charge in [0, 0.05) is 74.8 Å². The number of carbonyl (C=O) groups is 5. The number of carbonyl (C=O) groups excluding carboxylic acids is 5. The zero-order chi connectivity index (χ0) is 54.9. The fraction of sp³-hybridized carbons (Fsp3) is 0.536. The van der Waals surface area contributed by atoms with Gasteiger partial charge in [-0.3, -0.25) is 29.2 Å². The van der Waals surface area contributed by atoms with Crippen molar-refractivity contribution in [3.05, 3.63) is 89.8 Å². The maximum absolute atomic E-state index is 15.0. The predicted octanol–water partition coefficient (Wildman–Crippen LogP) is 7.71. The lowest BCUT2D eigenvalue weighted by atomic mass is 9.84. The number of nitrogens with zero attached hydrogens (tertiary/aromatic N) is 6. The number of amides is 5. The van der Waals surface area contributed by atoms with E-state index in [1.54, 1.807) is 92.3 Å². The second-order valence-corrected chi connectivity index (χ2v) is 21.8. The van der Waals surface area contributed by atoms with E-state index >= 15 is 4.39 Å². The summed E-state index contributed by atoms with van der Waals surface area (Å²) in [4.78, 5) is 79.7. The number of halogens is 4. The molecule has 2 N–H and O–H groups in total. The van der Waals surface area contributed by atoms with Crippen molar-refractivity contribution in [3.63, 3.8) is 0 Å². The minimum atomic E-state index is -4.64. The first-order valence-corrected chi connectivity index (χ1v) is 26.1. The molecule has 4 atom stereocenters. The number of morpholine rings is 1. The summed E-state index contributed by atoms with van der Waals surface area (Å²) in [5.74, 6) is -2.44. The summed E-state index contributed by atoms with van der Waals surface area (Å²) in [6.45, 7) is 12.3. The lowest BCUT2D eigenvalue weighted by Crippen LogP contribution is -2.63. The van der Waals surface area contributed by atoms with Crippen LogP contribution in [0.3, 0.4) is 0 Å². The van der Waals surface area contributed by atoms with Gasteiger partial charge in [-0.2, -0.15) is 13.2 Å². The summed E-state index contributed by atoms with van der Waals surface area (Å²) in [5, 5.41) is 4.75. The van der Waals surface area contributed by atoms with Crippen molar-refractivity contribution in [1.82, 2.24) is 40.0 Å². The number of fused-ring (bicyclic) bond motifs is 6. The Labute approximate surface area is 441 Å². The minimum Gasteiger partial charge on any atom is -0.464 e. The average Bonchev–Trinajstić information content (AvgIpc) is 3.72. The summed E-state index contributed by atoms with van der Waals surface area (Å²) in [6.07, 6.45) is -0.723. The molecule has 1 spiro atoms. The number of cyclic esters (lactones) is 1. The molecule has 76 heavy (non-hydrogen) atoms. The molecule has 4 aromatic rings. The van der Waals surface area contributed by atoms with Gasteiger partial charge in [0.15, 0.2) is 0 Å². The zero-order valence-electron chi connectivity index (χ0n) is 44.4. The van der Waals surface area contributed by atoms with Gasteiger partial charge in [0.2, 0.25) is 11.8 Å². The molecule has 8 rings (SSSR count). The highest BCUT2D eigenvalue weighted by Crippen LogP contribution is 2.43. The second-order valence-electron chi connectivity index (χ2n) is 21.8. The molecule has 16 nitrogen and oxygen atoms in total. The fourth-order valence-electron chi connectivity index (χ4n) is 11.3. The number of ether oxygens (including phenoxy) is 3. The first kappa shape index (κ1) is 55.8. The standard InChI is InChI=1S/C56H70F4N8O8/c1-9-46(69)66-22-23-76-55(31-66)16-20-65(21-17-55)53(73)64(7)48(34(2)3)50(70)62-44-27-36-24-37(30-57)26-39(25-36)38-14-15-45-41(28-38)42(29-54(5,6)33-75-52(72)43-13-11-19-68(63-43)51(44)71)49(67(45)32-56(58,59)60)40-12-10-18-61-47(40)35(4)74-8/h9-10,12,14-15,18,24-26,28,34-35,43-44,48,63H,1,11,13,16-17,19-23,27,29-33H2,2-8H3,(H,62,70)/t35?,43-,44-,48-/m0/s1. The number of hydrazine groups is 1. The van der Waals surface area contributed by atoms with Crippen LogP contribution in [-0.4, -0.2) is 149 Å². The molecular weight excluding hydrogens is 989 g/mol. The molecule has 2 aromatic carbocycles. The molecule has 0 radical (unpaired) electrons. The van der Waals surface area contributed by atoms with Crippen LogP contribution in [-0.2, 0) is 59.4 Å². The first-order chi connectivity index (χ1) is 36.0. The van der Waals surface area contributed by atoms with Crippen molar-refractivity contribution >= 4 is 40.6 Å². The van der Waals surface area contributed by atoms with E-state index in [0.717, 1.165) is 0 Å². The number of esters is 1. The van der Waals surface area contributed by atoms with E-state index < -0.39 is 84.4 Å². The number of rotatable bonds is 10. The first-order valence-electron chi connectivity index (χ1n) is 26.1. The van der Waals surface area contributed by atoms with Crippen molar-refractivity contribution in [2.75, 3.05) is 60.1 Å². The Morgan fingerprint density at radius 1 is 1.03 bits per heavy atom. The molecule has 3 fully saturated rings. The Bertz CT molecular complexity index is 2840. The van der Waals surface area contributed by atoms with Crippen LogP contribution in [0.5, 0.6) is 0 Å². The highest BCUT2D eigenvalue weighted by Gasteiger charge is 2.44. The van der Waals surface area contributed by atoms with E-state index in [1.165, 1.54) is 27.7 Å². The molecule has 0 saturated carbocycles. The summed E-state index contributed by atoms with van der Waals surface area (Å²) in [6, 6.07) is 9.79. The van der Waals surface area contributed by atoms with Crippen LogP contribution in [0.25, 0.3) is 33.3 Å². The van der Waals surface area contributed by atoms with Crippen molar-refractivity contribution < 1.29 is 55.7 Å². The number of likely N-dealkylation sites (N-methyl/N-ethyl adjacent to an activating group) is 1. The summed E-state index contributed by atoms with van der Waals surface area (Å²) >= 11 is 0. The molecule has 6 bridgehead atoms. The van der Waals surface area contributed by atoms with Crippen molar-refractivity contribution in [2.24, 2.45) is 11.3 Å². The van der Waals surface area contributed by atoms with Crippen LogP contribution in [0.2, 0.25) is 0 Å². The van der Waals surface area contributed by atoms with Crippen LogP contribution in [0, 0.1) is 11.3 Å². The van der Waals surface area contributed by atoms with E-state index in [-0.39, 0.29) is 48.7 Å². The van der Waals surface area contributed by atoms with Crippen molar-refractivity contribution in [1.29, 1.82) is 0 Å². The Hall–Kier alpha value is -6.38. The number of alkyl halides is 4. The third-order valence-electron chi connectivity index (χ3n) is 15.2. The number of urea groups is 1. The Balaban J connectivity index is 1.17. The molecule has 2 aromatic heterocycles. The van der Waals surface area contributed by atoms with Crippen LogP contribution < -0.4 is 10.7 Å². The van der Waals surface area contributed by atoms with Gasteiger partial charge in [-0.15, -0.1) is 0 Å². The predicted molar refractivity (Wildman–Crippen MR) is 277 cm³/mol. The van der Waals surface area contributed by atoms with Crippen LogP contribution in [0.1, 0.15) is 88.8 Å². The highest BCUT2D eigenvalue weighted by molar-refractivity contribution is 5.96. The minimum absolute atomic E-state index is 0.137. The highest BCUT2D eigenvalue weighted by atomic mass is 19.4. The quantitative estimate of drug-likeness (QED) is 0.0913. The molecule has 5 amide bonds. The van der Waals surface area contributed by atoms with E-state index in [2.05, 4.69) is 22.3 Å². The topological polar surface area (TPSA) is 168 Å². The Kier molecular flexibility index (Phi) is 16.7. The van der Waals surface area contributed by atoms with Gasteiger partial charge in [-0.05, 0) is 109 Å². The summed E-state index contributed by atoms with van der Waals surface area (Å²) in [5.41, 5.74) is 5.36. The molecule has 0 aliphatic carbocycles. The number of nitrogens with one attached hydrogen (secondary N) is 2. The molecule has 6 heterocycles. The zero-order valence-corrected chi connectivity index (χ0v) is 44.4. The number of piperidine rings is 1. The average molecular weight is 1060 g/mol. The number of hydrogen-bond donors (Lipinski definition) is 2. The van der Waals surface area contributed by atoms with Crippen LogP contribution in [0.4, 0.5) is 22.4 Å². The maximum Gasteiger partial charge on any atom is 0.406 e. The molecule has 3 saturated heterocycles. The number of benzene rings is 2. The smallest absolute Gasteiger partial charge is 0.406 e. The van der Waals surface area contributed by atoms with Gasteiger partial charge in [-0.1, -0.05) is 52.5 Å².